The molecule has 0 saturated carbocycles. The lowest BCUT2D eigenvalue weighted by molar-refractivity contribution is -0.126. The quantitative estimate of drug-likeness (QED) is 0.183. The molecule has 1 heteroatoms. The molecule has 0 heterocycles. The molecule has 0 radical (unpaired) electrons. The SMILES string of the molecule is CC(C)=CCC/C(C)=C\CCC=C(C)CC/C=C(\C)CCC=C(C)CCC(=O)C(C)(C)C. The van der Waals surface area contributed by atoms with Crippen molar-refractivity contribution in [3.8, 4) is 0 Å². The molecule has 0 amide bonds. The molecular weight excluding hydrogens is 388 g/mol. The number of unbranched alkanes of at least 4 members (excludes halogenated alkanes) is 1. The highest BCUT2D eigenvalue weighted by molar-refractivity contribution is 5.83. The van der Waals surface area contributed by atoms with Gasteiger partial charge >= 0.3 is 0 Å². The predicted molar refractivity (Wildman–Crippen MR) is 145 cm³/mol. The summed E-state index contributed by atoms with van der Waals surface area (Å²) in [7, 11) is 0. The largest absolute Gasteiger partial charge is 0.299 e. The zero-order chi connectivity index (χ0) is 24.6. The van der Waals surface area contributed by atoms with Crippen molar-refractivity contribution >= 4 is 5.78 Å². The summed E-state index contributed by atoms with van der Waals surface area (Å²) in [6.45, 7) is 19.3. The van der Waals surface area contributed by atoms with Gasteiger partial charge in [-0.15, -0.1) is 0 Å². The second-order valence-electron chi connectivity index (χ2n) is 10.8. The van der Waals surface area contributed by atoms with Crippen molar-refractivity contribution in [2.75, 3.05) is 0 Å². The molecule has 0 fully saturated rings. The summed E-state index contributed by atoms with van der Waals surface area (Å²) in [5.41, 5.74) is 7.03. The normalized spacial score (nSPS) is 14.0. The average Bonchev–Trinajstić information content (AvgIpc) is 2.68. The van der Waals surface area contributed by atoms with Crippen molar-refractivity contribution in [3.05, 3.63) is 58.2 Å². The predicted octanol–water partition coefficient (Wildman–Crippen LogP) is 10.3. The van der Waals surface area contributed by atoms with Gasteiger partial charge in [0.25, 0.3) is 0 Å². The Morgan fingerprint density at radius 1 is 0.500 bits per heavy atom. The van der Waals surface area contributed by atoms with Crippen molar-refractivity contribution in [1.82, 2.24) is 0 Å². The molecule has 0 rings (SSSR count). The van der Waals surface area contributed by atoms with E-state index in [-0.39, 0.29) is 5.41 Å². The van der Waals surface area contributed by atoms with Crippen molar-refractivity contribution in [2.24, 2.45) is 5.41 Å². The van der Waals surface area contributed by atoms with E-state index in [1.54, 1.807) is 0 Å². The summed E-state index contributed by atoms with van der Waals surface area (Å²) in [6.07, 6.45) is 22.5. The van der Waals surface area contributed by atoms with E-state index in [9.17, 15) is 4.79 Å². The fraction of sp³-hybridized carbons (Fsp3) is 0.645. The van der Waals surface area contributed by atoms with Crippen LogP contribution in [-0.4, -0.2) is 5.78 Å². The highest BCUT2D eigenvalue weighted by Crippen LogP contribution is 2.20. The molecule has 1 nitrogen and oxygen atoms in total. The monoisotopic (exact) mass is 440 g/mol. The number of ketones is 1. The molecule has 0 aromatic carbocycles. The fourth-order valence-corrected chi connectivity index (χ4v) is 3.43. The molecule has 0 N–H and O–H groups in total. The number of hydrogen-bond acceptors (Lipinski definition) is 1. The van der Waals surface area contributed by atoms with Gasteiger partial charge in [0.1, 0.15) is 5.78 Å². The van der Waals surface area contributed by atoms with Crippen molar-refractivity contribution in [2.45, 2.75) is 127 Å². The first-order chi connectivity index (χ1) is 14.9. The number of Topliss-reactive ketones (excluding diaryl/α,β-unsaturated/α-hetero) is 1. The molecule has 0 aliphatic heterocycles. The first kappa shape index (κ1) is 30.4. The van der Waals surface area contributed by atoms with E-state index in [2.05, 4.69) is 71.9 Å². The van der Waals surface area contributed by atoms with Crippen LogP contribution in [0.25, 0.3) is 0 Å². The lowest BCUT2D eigenvalue weighted by Crippen LogP contribution is -2.19. The molecule has 0 unspecified atom stereocenters. The Kier molecular flexibility index (Phi) is 16.1. The van der Waals surface area contributed by atoms with E-state index >= 15 is 0 Å². The van der Waals surface area contributed by atoms with Gasteiger partial charge in [-0.3, -0.25) is 4.79 Å². The Labute approximate surface area is 200 Å². The van der Waals surface area contributed by atoms with E-state index in [0.717, 1.165) is 51.4 Å². The molecule has 182 valence electrons. The second kappa shape index (κ2) is 16.9. The minimum absolute atomic E-state index is 0.215. The number of carbonyl (C=O) groups is 1. The van der Waals surface area contributed by atoms with E-state index in [0.29, 0.717) is 12.2 Å². The lowest BCUT2D eigenvalue weighted by atomic mass is 9.87. The molecule has 0 spiro atoms. The summed E-state index contributed by atoms with van der Waals surface area (Å²) in [4.78, 5) is 12.0. The molecule has 0 aromatic heterocycles. The van der Waals surface area contributed by atoms with E-state index < -0.39 is 0 Å². The second-order valence-corrected chi connectivity index (χ2v) is 10.8. The summed E-state index contributed by atoms with van der Waals surface area (Å²) < 4.78 is 0. The van der Waals surface area contributed by atoms with Gasteiger partial charge in [0.05, 0.1) is 0 Å². The minimum Gasteiger partial charge on any atom is -0.299 e. The molecular formula is C31H52O. The van der Waals surface area contributed by atoms with Crippen molar-refractivity contribution in [1.29, 1.82) is 0 Å². The van der Waals surface area contributed by atoms with Crippen LogP contribution in [0.1, 0.15) is 127 Å². The maximum absolute atomic E-state index is 12.0. The topological polar surface area (TPSA) is 17.1 Å². The third-order valence-corrected chi connectivity index (χ3v) is 5.89. The third kappa shape index (κ3) is 18.0. The summed E-state index contributed by atoms with van der Waals surface area (Å²) in [6, 6.07) is 0. The van der Waals surface area contributed by atoms with Gasteiger partial charge in [0, 0.05) is 11.8 Å². The summed E-state index contributed by atoms with van der Waals surface area (Å²) >= 11 is 0. The van der Waals surface area contributed by atoms with Crippen LogP contribution in [0.3, 0.4) is 0 Å². The van der Waals surface area contributed by atoms with Crippen LogP contribution in [-0.2, 0) is 4.79 Å². The van der Waals surface area contributed by atoms with Crippen molar-refractivity contribution in [3.63, 3.8) is 0 Å². The van der Waals surface area contributed by atoms with Gasteiger partial charge in [-0.05, 0) is 99.3 Å². The van der Waals surface area contributed by atoms with Crippen LogP contribution in [0.15, 0.2) is 58.2 Å². The molecule has 0 atom stereocenters. The number of rotatable bonds is 15. The number of carbonyl (C=O) groups excluding carboxylic acids is 1. The Hall–Kier alpha value is -1.63. The lowest BCUT2D eigenvalue weighted by Gasteiger charge is -2.16. The molecule has 0 aliphatic rings. The average molecular weight is 441 g/mol. The van der Waals surface area contributed by atoms with Crippen LogP contribution < -0.4 is 0 Å². The molecule has 0 bridgehead atoms. The molecule has 0 aliphatic carbocycles. The van der Waals surface area contributed by atoms with Gasteiger partial charge in [-0.1, -0.05) is 79.0 Å². The molecule has 0 aromatic rings. The smallest absolute Gasteiger partial charge is 0.138 e. The molecule has 0 saturated heterocycles. The van der Waals surface area contributed by atoms with E-state index in [1.165, 1.54) is 34.3 Å². The van der Waals surface area contributed by atoms with Crippen LogP contribution in [0.4, 0.5) is 0 Å². The highest BCUT2D eigenvalue weighted by atomic mass is 16.1. The van der Waals surface area contributed by atoms with Crippen LogP contribution >= 0.6 is 0 Å². The first-order valence-corrected chi connectivity index (χ1v) is 12.7. The fourth-order valence-electron chi connectivity index (χ4n) is 3.43. The van der Waals surface area contributed by atoms with Crippen LogP contribution in [0.5, 0.6) is 0 Å². The van der Waals surface area contributed by atoms with E-state index in [4.69, 9.17) is 0 Å². The first-order valence-electron chi connectivity index (χ1n) is 12.7. The maximum atomic E-state index is 12.0. The highest BCUT2D eigenvalue weighted by Gasteiger charge is 2.20. The van der Waals surface area contributed by atoms with Crippen LogP contribution in [0.2, 0.25) is 0 Å². The van der Waals surface area contributed by atoms with Gasteiger partial charge in [0.15, 0.2) is 0 Å². The van der Waals surface area contributed by atoms with Gasteiger partial charge in [-0.25, -0.2) is 0 Å². The summed E-state index contributed by atoms with van der Waals surface area (Å²) in [5.74, 6) is 0.357. The minimum atomic E-state index is -0.215. The maximum Gasteiger partial charge on any atom is 0.138 e. The zero-order valence-corrected chi connectivity index (χ0v) is 22.9. The number of allylic oxidation sites excluding steroid dienone is 10. The van der Waals surface area contributed by atoms with Gasteiger partial charge < -0.3 is 0 Å². The molecule has 32 heavy (non-hydrogen) atoms. The third-order valence-electron chi connectivity index (χ3n) is 5.89. The Balaban J connectivity index is 4.13. The standard InChI is InChI=1S/C31H52O/c1-25(2)15-12-18-26(3)16-10-11-17-27(4)19-13-20-28(5)21-14-22-29(6)23-24-30(32)31(7,8)9/h15-17,20,22H,10-14,18-19,21,23-24H2,1-9H3/b26-16-,27-17?,28-20+,29-22?. The van der Waals surface area contributed by atoms with Gasteiger partial charge in [0.2, 0.25) is 0 Å². The zero-order valence-electron chi connectivity index (χ0n) is 22.9. The Bertz CT molecular complexity index is 697. The van der Waals surface area contributed by atoms with Gasteiger partial charge in [-0.2, -0.15) is 0 Å². The Morgan fingerprint density at radius 3 is 1.22 bits per heavy atom. The number of hydrogen-bond donors (Lipinski definition) is 0. The van der Waals surface area contributed by atoms with Crippen LogP contribution in [0, 0.1) is 5.41 Å². The summed E-state index contributed by atoms with van der Waals surface area (Å²) in [5, 5.41) is 0. The Morgan fingerprint density at radius 2 is 0.844 bits per heavy atom. The van der Waals surface area contributed by atoms with E-state index in [1.807, 2.05) is 20.8 Å². The van der Waals surface area contributed by atoms with Crippen molar-refractivity contribution < 1.29 is 4.79 Å².